The minimum absolute atomic E-state index is 0.000324. The third-order valence-corrected chi connectivity index (χ3v) is 3.72. The number of carbonyl (C=O) groups excluding carboxylic acids is 1. The minimum Gasteiger partial charge on any atom is -0.466 e. The zero-order valence-electron chi connectivity index (χ0n) is 9.17. The largest absolute Gasteiger partial charge is 0.466 e. The second kappa shape index (κ2) is 4.83. The van der Waals surface area contributed by atoms with E-state index in [-0.39, 0.29) is 27.9 Å². The topological polar surface area (TPSA) is 26.3 Å². The van der Waals surface area contributed by atoms with Crippen LogP contribution in [0.2, 0.25) is 10.0 Å². The van der Waals surface area contributed by atoms with Crippen LogP contribution in [0.5, 0.6) is 0 Å². The molecule has 1 saturated carbocycles. The number of hydrogen-bond acceptors (Lipinski definition) is 2. The fraction of sp³-hybridized carbons (Fsp3) is 0.417. The molecule has 0 saturated heterocycles. The minimum atomic E-state index is -0.547. The van der Waals surface area contributed by atoms with Gasteiger partial charge in [-0.25, -0.2) is 4.39 Å². The molecule has 0 bridgehead atoms. The van der Waals surface area contributed by atoms with Gasteiger partial charge in [0, 0.05) is 0 Å². The Morgan fingerprint density at radius 3 is 2.82 bits per heavy atom. The van der Waals surface area contributed by atoms with Gasteiger partial charge in [-0.1, -0.05) is 29.3 Å². The summed E-state index contributed by atoms with van der Waals surface area (Å²) in [5.74, 6) is -0.948. The van der Waals surface area contributed by atoms with Gasteiger partial charge < -0.3 is 4.74 Å². The van der Waals surface area contributed by atoms with E-state index in [1.807, 2.05) is 0 Å². The van der Waals surface area contributed by atoms with E-state index in [1.54, 1.807) is 13.0 Å². The molecule has 2 atom stereocenters. The van der Waals surface area contributed by atoms with Crippen LogP contribution in [-0.4, -0.2) is 12.6 Å². The molecule has 5 heteroatoms. The van der Waals surface area contributed by atoms with E-state index in [9.17, 15) is 9.18 Å². The second-order valence-electron chi connectivity index (χ2n) is 3.97. The number of esters is 1. The van der Waals surface area contributed by atoms with Crippen molar-refractivity contribution in [3.8, 4) is 0 Å². The second-order valence-corrected chi connectivity index (χ2v) is 4.72. The molecule has 2 rings (SSSR count). The number of ether oxygens (including phenoxy) is 1. The molecular formula is C12H11Cl2FO2. The number of carbonyl (C=O) groups is 1. The molecular weight excluding hydrogens is 266 g/mol. The Balaban J connectivity index is 2.16. The lowest BCUT2D eigenvalue weighted by Gasteiger charge is -2.06. The summed E-state index contributed by atoms with van der Waals surface area (Å²) >= 11 is 11.7. The molecule has 1 aromatic carbocycles. The lowest BCUT2D eigenvalue weighted by Crippen LogP contribution is -2.07. The highest BCUT2D eigenvalue weighted by molar-refractivity contribution is 6.42. The smallest absolute Gasteiger partial charge is 0.309 e. The van der Waals surface area contributed by atoms with Crippen molar-refractivity contribution in [2.75, 3.05) is 6.61 Å². The van der Waals surface area contributed by atoms with Gasteiger partial charge in [-0.15, -0.1) is 0 Å². The Labute approximate surface area is 109 Å². The van der Waals surface area contributed by atoms with Crippen LogP contribution in [0.1, 0.15) is 24.8 Å². The molecule has 2 unspecified atom stereocenters. The average Bonchev–Trinajstić information content (AvgIpc) is 3.06. The standard InChI is InChI=1S/C12H11Cl2FO2/c1-2-17-12(16)8-5-7(8)6-3-4-9(15)11(14)10(6)13/h3-4,7-8H,2,5H2,1H3. The van der Waals surface area contributed by atoms with E-state index in [2.05, 4.69) is 0 Å². The first-order valence-corrected chi connectivity index (χ1v) is 6.11. The van der Waals surface area contributed by atoms with Gasteiger partial charge in [-0.3, -0.25) is 4.79 Å². The molecule has 1 fully saturated rings. The van der Waals surface area contributed by atoms with Crippen LogP contribution in [0.25, 0.3) is 0 Å². The Hall–Kier alpha value is -0.800. The third-order valence-electron chi connectivity index (χ3n) is 2.84. The van der Waals surface area contributed by atoms with Gasteiger partial charge in [-0.2, -0.15) is 0 Å². The quantitative estimate of drug-likeness (QED) is 0.620. The van der Waals surface area contributed by atoms with Gasteiger partial charge in [0.1, 0.15) is 5.82 Å². The first-order chi connectivity index (χ1) is 8.06. The van der Waals surface area contributed by atoms with Crippen LogP contribution in [0.4, 0.5) is 4.39 Å². The van der Waals surface area contributed by atoms with Crippen LogP contribution in [0.3, 0.4) is 0 Å². The van der Waals surface area contributed by atoms with Gasteiger partial charge in [0.05, 0.1) is 22.6 Å². The molecule has 1 aromatic rings. The average molecular weight is 277 g/mol. The molecule has 2 nitrogen and oxygen atoms in total. The van der Waals surface area contributed by atoms with E-state index in [4.69, 9.17) is 27.9 Å². The summed E-state index contributed by atoms with van der Waals surface area (Å²) < 4.78 is 18.0. The highest BCUT2D eigenvalue weighted by Crippen LogP contribution is 2.51. The Kier molecular flexibility index (Phi) is 3.59. The van der Waals surface area contributed by atoms with E-state index in [0.717, 1.165) is 5.56 Å². The Bertz CT molecular complexity index is 462. The first-order valence-electron chi connectivity index (χ1n) is 5.36. The summed E-state index contributed by atoms with van der Waals surface area (Å²) in [5.41, 5.74) is 0.719. The van der Waals surface area contributed by atoms with Crippen molar-refractivity contribution in [1.82, 2.24) is 0 Å². The van der Waals surface area contributed by atoms with Crippen molar-refractivity contribution in [2.45, 2.75) is 19.3 Å². The summed E-state index contributed by atoms with van der Waals surface area (Å²) in [6.45, 7) is 2.12. The highest BCUT2D eigenvalue weighted by Gasteiger charge is 2.46. The van der Waals surface area contributed by atoms with Crippen molar-refractivity contribution in [3.05, 3.63) is 33.6 Å². The maximum Gasteiger partial charge on any atom is 0.309 e. The van der Waals surface area contributed by atoms with E-state index >= 15 is 0 Å². The number of halogens is 3. The summed E-state index contributed by atoms with van der Waals surface area (Å²) in [5, 5.41) is 0.113. The molecule has 1 aliphatic rings. The number of hydrogen-bond donors (Lipinski definition) is 0. The Morgan fingerprint density at radius 2 is 2.18 bits per heavy atom. The van der Waals surface area contributed by atoms with Gasteiger partial charge in [0.25, 0.3) is 0 Å². The van der Waals surface area contributed by atoms with E-state index in [1.165, 1.54) is 6.07 Å². The van der Waals surface area contributed by atoms with Crippen LogP contribution in [0.15, 0.2) is 12.1 Å². The first kappa shape index (κ1) is 12.7. The zero-order valence-corrected chi connectivity index (χ0v) is 10.7. The summed E-state index contributed by atoms with van der Waals surface area (Å²) in [6.07, 6.45) is 0.681. The number of benzene rings is 1. The molecule has 1 aliphatic carbocycles. The van der Waals surface area contributed by atoms with E-state index in [0.29, 0.717) is 13.0 Å². The van der Waals surface area contributed by atoms with Crippen molar-refractivity contribution >= 4 is 29.2 Å². The number of rotatable bonds is 3. The molecule has 0 heterocycles. The van der Waals surface area contributed by atoms with Crippen molar-refractivity contribution in [2.24, 2.45) is 5.92 Å². The monoisotopic (exact) mass is 276 g/mol. The summed E-state index contributed by atoms with van der Waals surface area (Å²) in [4.78, 5) is 11.5. The SMILES string of the molecule is CCOC(=O)C1CC1c1ccc(F)c(Cl)c1Cl. The van der Waals surface area contributed by atoms with Crippen LogP contribution in [-0.2, 0) is 9.53 Å². The molecule has 17 heavy (non-hydrogen) atoms. The molecule has 0 radical (unpaired) electrons. The maximum atomic E-state index is 13.1. The van der Waals surface area contributed by atoms with Gasteiger partial charge in [0.2, 0.25) is 0 Å². The zero-order chi connectivity index (χ0) is 12.6. The Morgan fingerprint density at radius 1 is 1.47 bits per heavy atom. The molecule has 92 valence electrons. The van der Waals surface area contributed by atoms with Gasteiger partial charge in [0.15, 0.2) is 0 Å². The maximum absolute atomic E-state index is 13.1. The summed E-state index contributed by atoms with van der Waals surface area (Å²) in [6, 6.07) is 2.84. The summed E-state index contributed by atoms with van der Waals surface area (Å²) in [7, 11) is 0. The third kappa shape index (κ3) is 2.40. The van der Waals surface area contributed by atoms with Gasteiger partial charge >= 0.3 is 5.97 Å². The van der Waals surface area contributed by atoms with Crippen LogP contribution < -0.4 is 0 Å². The van der Waals surface area contributed by atoms with Crippen LogP contribution in [0, 0.1) is 11.7 Å². The molecule has 0 spiro atoms. The lowest BCUT2D eigenvalue weighted by molar-refractivity contribution is -0.144. The van der Waals surface area contributed by atoms with Gasteiger partial charge in [-0.05, 0) is 30.9 Å². The van der Waals surface area contributed by atoms with E-state index < -0.39 is 5.82 Å². The molecule has 0 amide bonds. The predicted molar refractivity (Wildman–Crippen MR) is 63.9 cm³/mol. The van der Waals surface area contributed by atoms with Crippen LogP contribution >= 0.6 is 23.2 Å². The molecule has 0 aromatic heterocycles. The highest BCUT2D eigenvalue weighted by atomic mass is 35.5. The van der Waals surface area contributed by atoms with Crippen molar-refractivity contribution < 1.29 is 13.9 Å². The molecule has 0 aliphatic heterocycles. The fourth-order valence-electron chi connectivity index (χ4n) is 1.88. The molecule has 0 N–H and O–H groups in total. The normalized spacial score (nSPS) is 22.4. The van der Waals surface area contributed by atoms with Crippen molar-refractivity contribution in [3.63, 3.8) is 0 Å². The predicted octanol–water partition coefficient (Wildman–Crippen LogP) is 3.80. The van der Waals surface area contributed by atoms with Crippen molar-refractivity contribution in [1.29, 1.82) is 0 Å². The fourth-order valence-corrected chi connectivity index (χ4v) is 2.34. The lowest BCUT2D eigenvalue weighted by atomic mass is 10.1.